The zero-order chi connectivity index (χ0) is 11.5. The number of rotatable bonds is 2. The zero-order valence-electron chi connectivity index (χ0n) is 9.27. The third kappa shape index (κ3) is 3.88. The van der Waals surface area contributed by atoms with E-state index in [0.717, 1.165) is 0 Å². The summed E-state index contributed by atoms with van der Waals surface area (Å²) in [6, 6.07) is 1.62. The molecule has 15 heavy (non-hydrogen) atoms. The average molecular weight is 213 g/mol. The van der Waals surface area contributed by atoms with Gasteiger partial charge in [-0.15, -0.1) is 5.10 Å². The maximum atomic E-state index is 11.3. The number of nitrogens with one attached hydrogen (secondary N) is 1. The molecule has 1 aromatic rings. The molecule has 1 rings (SSSR count). The molecule has 1 aromatic heterocycles. The Labute approximate surface area is 88.1 Å². The maximum Gasteiger partial charge on any atom is 0.428 e. The Morgan fingerprint density at radius 1 is 1.53 bits per heavy atom. The molecular formula is C9H15N3O3. The minimum absolute atomic E-state index is 0.422. The number of nitrogens with zero attached hydrogens (tertiary/aromatic N) is 2. The lowest BCUT2D eigenvalue weighted by Crippen LogP contribution is -2.31. The Hall–Kier alpha value is -1.72. The van der Waals surface area contributed by atoms with Crippen molar-refractivity contribution in [1.82, 2.24) is 9.89 Å². The number of amides is 1. The van der Waals surface area contributed by atoms with Gasteiger partial charge in [0.1, 0.15) is 5.60 Å². The molecule has 0 unspecified atom stereocenters. The van der Waals surface area contributed by atoms with Gasteiger partial charge < -0.3 is 9.47 Å². The van der Waals surface area contributed by atoms with Crippen LogP contribution in [0.25, 0.3) is 0 Å². The largest absolute Gasteiger partial charge is 0.480 e. The Morgan fingerprint density at radius 2 is 2.20 bits per heavy atom. The second-order valence-electron chi connectivity index (χ2n) is 3.92. The highest BCUT2D eigenvalue weighted by atomic mass is 16.6. The summed E-state index contributed by atoms with van der Waals surface area (Å²) in [5, 5.41) is 3.88. The first-order chi connectivity index (χ1) is 6.90. The Balaban J connectivity index is 2.51. The normalized spacial score (nSPS) is 10.9. The summed E-state index contributed by atoms with van der Waals surface area (Å²) in [7, 11) is 1.50. The van der Waals surface area contributed by atoms with Crippen LogP contribution in [0.3, 0.4) is 0 Å². The number of aromatic nitrogens is 2. The predicted molar refractivity (Wildman–Crippen MR) is 54.4 cm³/mol. The Morgan fingerprint density at radius 3 is 2.67 bits per heavy atom. The topological polar surface area (TPSA) is 65.4 Å². The van der Waals surface area contributed by atoms with Crippen LogP contribution in [0.2, 0.25) is 0 Å². The molecule has 0 aliphatic rings. The molecule has 0 aromatic carbocycles. The third-order valence-corrected chi connectivity index (χ3v) is 1.38. The van der Waals surface area contributed by atoms with Gasteiger partial charge in [0, 0.05) is 6.07 Å². The second kappa shape index (κ2) is 4.20. The van der Waals surface area contributed by atoms with E-state index in [1.54, 1.807) is 33.0 Å². The molecule has 0 fully saturated rings. The monoisotopic (exact) mass is 213 g/mol. The van der Waals surface area contributed by atoms with E-state index in [-0.39, 0.29) is 0 Å². The van der Waals surface area contributed by atoms with Gasteiger partial charge in [-0.05, 0) is 20.8 Å². The molecule has 0 spiro atoms. The van der Waals surface area contributed by atoms with Crippen LogP contribution < -0.4 is 10.2 Å². The SMILES string of the molecule is COc1ccn(NC(=O)OC(C)(C)C)n1. The zero-order valence-corrected chi connectivity index (χ0v) is 9.27. The minimum Gasteiger partial charge on any atom is -0.480 e. The molecule has 1 amide bonds. The van der Waals surface area contributed by atoms with Gasteiger partial charge in [0.05, 0.1) is 13.3 Å². The number of hydrogen-bond donors (Lipinski definition) is 1. The Bertz CT molecular complexity index is 341. The van der Waals surface area contributed by atoms with Crippen molar-refractivity contribution in [3.05, 3.63) is 12.3 Å². The molecule has 84 valence electrons. The van der Waals surface area contributed by atoms with Gasteiger partial charge in [-0.25, -0.2) is 10.2 Å². The third-order valence-electron chi connectivity index (χ3n) is 1.38. The van der Waals surface area contributed by atoms with Gasteiger partial charge >= 0.3 is 6.09 Å². The molecule has 0 radical (unpaired) electrons. The van der Waals surface area contributed by atoms with E-state index < -0.39 is 11.7 Å². The molecule has 0 saturated heterocycles. The summed E-state index contributed by atoms with van der Waals surface area (Å²) in [6.45, 7) is 5.36. The molecule has 1 N–H and O–H groups in total. The quantitative estimate of drug-likeness (QED) is 0.805. The lowest BCUT2D eigenvalue weighted by atomic mass is 10.2. The standard InChI is InChI=1S/C9H15N3O3/c1-9(2,3)15-8(13)11-12-6-5-7(10-12)14-4/h5-6H,1-4H3,(H,11,13). The minimum atomic E-state index is -0.562. The summed E-state index contributed by atoms with van der Waals surface area (Å²) in [5.41, 5.74) is 1.89. The van der Waals surface area contributed by atoms with Gasteiger partial charge in [-0.3, -0.25) is 0 Å². The molecule has 1 heterocycles. The van der Waals surface area contributed by atoms with E-state index in [1.165, 1.54) is 11.9 Å². The number of hydrogen-bond acceptors (Lipinski definition) is 4. The maximum absolute atomic E-state index is 11.3. The summed E-state index contributed by atoms with van der Waals surface area (Å²) in [5.74, 6) is 0.422. The smallest absolute Gasteiger partial charge is 0.428 e. The first kappa shape index (κ1) is 11.4. The highest BCUT2D eigenvalue weighted by Gasteiger charge is 2.16. The molecular weight excluding hydrogens is 198 g/mol. The van der Waals surface area contributed by atoms with Gasteiger partial charge in [0.2, 0.25) is 5.88 Å². The van der Waals surface area contributed by atoms with Crippen molar-refractivity contribution < 1.29 is 14.3 Å². The van der Waals surface area contributed by atoms with E-state index in [0.29, 0.717) is 5.88 Å². The van der Waals surface area contributed by atoms with Crippen LogP contribution in [0.1, 0.15) is 20.8 Å². The predicted octanol–water partition coefficient (Wildman–Crippen LogP) is 1.37. The first-order valence-electron chi connectivity index (χ1n) is 4.50. The fraction of sp³-hybridized carbons (Fsp3) is 0.556. The molecule has 0 aliphatic carbocycles. The van der Waals surface area contributed by atoms with E-state index in [9.17, 15) is 4.79 Å². The van der Waals surface area contributed by atoms with Crippen LogP contribution in [0.4, 0.5) is 4.79 Å². The van der Waals surface area contributed by atoms with Crippen molar-refractivity contribution in [1.29, 1.82) is 0 Å². The fourth-order valence-corrected chi connectivity index (χ4v) is 0.873. The summed E-state index contributed by atoms with van der Waals surface area (Å²) in [6.07, 6.45) is 0.996. The number of carbonyl (C=O) groups excluding carboxylic acids is 1. The van der Waals surface area contributed by atoms with Crippen molar-refractivity contribution >= 4 is 6.09 Å². The lowest BCUT2D eigenvalue weighted by molar-refractivity contribution is 0.0609. The van der Waals surface area contributed by atoms with Crippen LogP contribution in [0, 0.1) is 0 Å². The van der Waals surface area contributed by atoms with Gasteiger partial charge in [-0.1, -0.05) is 0 Å². The molecule has 0 aliphatic heterocycles. The number of carbonyl (C=O) groups is 1. The highest BCUT2D eigenvalue weighted by Crippen LogP contribution is 2.07. The highest BCUT2D eigenvalue weighted by molar-refractivity contribution is 5.75. The number of methoxy groups -OCH3 is 1. The van der Waals surface area contributed by atoms with Crippen molar-refractivity contribution in [2.24, 2.45) is 0 Å². The summed E-state index contributed by atoms with van der Waals surface area (Å²) in [4.78, 5) is 12.5. The summed E-state index contributed by atoms with van der Waals surface area (Å²) >= 11 is 0. The molecule has 6 nitrogen and oxygen atoms in total. The van der Waals surface area contributed by atoms with Gasteiger partial charge in [0.25, 0.3) is 0 Å². The average Bonchev–Trinajstić information content (AvgIpc) is 2.48. The van der Waals surface area contributed by atoms with Crippen LogP contribution in [-0.2, 0) is 4.74 Å². The van der Waals surface area contributed by atoms with E-state index in [2.05, 4.69) is 10.5 Å². The van der Waals surface area contributed by atoms with Crippen molar-refractivity contribution in [3.8, 4) is 5.88 Å². The van der Waals surface area contributed by atoms with Gasteiger partial charge in [-0.2, -0.15) is 4.79 Å². The van der Waals surface area contributed by atoms with Crippen LogP contribution in [0.15, 0.2) is 12.3 Å². The van der Waals surface area contributed by atoms with E-state index >= 15 is 0 Å². The number of ether oxygens (including phenoxy) is 2. The van der Waals surface area contributed by atoms with Crippen molar-refractivity contribution in [2.45, 2.75) is 26.4 Å². The van der Waals surface area contributed by atoms with Gasteiger partial charge in [0.15, 0.2) is 0 Å². The molecule has 6 heteroatoms. The van der Waals surface area contributed by atoms with E-state index in [1.807, 2.05) is 0 Å². The molecule has 0 saturated carbocycles. The first-order valence-corrected chi connectivity index (χ1v) is 4.50. The fourth-order valence-electron chi connectivity index (χ4n) is 0.873. The van der Waals surface area contributed by atoms with Crippen molar-refractivity contribution in [3.63, 3.8) is 0 Å². The lowest BCUT2D eigenvalue weighted by Gasteiger charge is -2.19. The van der Waals surface area contributed by atoms with E-state index in [4.69, 9.17) is 9.47 Å². The summed E-state index contributed by atoms with van der Waals surface area (Å²) < 4.78 is 9.89. The Kier molecular flexibility index (Phi) is 3.18. The van der Waals surface area contributed by atoms with Crippen LogP contribution >= 0.6 is 0 Å². The second-order valence-corrected chi connectivity index (χ2v) is 3.92. The van der Waals surface area contributed by atoms with Crippen LogP contribution in [-0.4, -0.2) is 28.7 Å². The molecule has 0 atom stereocenters. The molecule has 0 bridgehead atoms. The van der Waals surface area contributed by atoms with Crippen molar-refractivity contribution in [2.75, 3.05) is 12.5 Å². The van der Waals surface area contributed by atoms with Crippen LogP contribution in [0.5, 0.6) is 5.88 Å².